The van der Waals surface area contributed by atoms with Crippen molar-refractivity contribution in [2.45, 2.75) is 0 Å². The molecule has 0 bridgehead atoms. The van der Waals surface area contributed by atoms with E-state index in [1.54, 1.807) is 0 Å². The van der Waals surface area contributed by atoms with Gasteiger partial charge in [-0.1, -0.05) is 60.1 Å². The van der Waals surface area contributed by atoms with E-state index in [0.29, 0.717) is 0 Å². The molecule has 0 saturated carbocycles. The van der Waals surface area contributed by atoms with Gasteiger partial charge in [0.25, 0.3) is 0 Å². The highest BCUT2D eigenvalue weighted by Crippen LogP contribution is 2.37. The van der Waals surface area contributed by atoms with E-state index >= 15 is 0 Å². The summed E-state index contributed by atoms with van der Waals surface area (Å²) in [5, 5.41) is 5.73. The summed E-state index contributed by atoms with van der Waals surface area (Å²) in [4.78, 5) is 0. The van der Waals surface area contributed by atoms with Crippen LogP contribution in [-0.2, 0) is 0 Å². The Balaban J connectivity index is 2.07. The van der Waals surface area contributed by atoms with Crippen molar-refractivity contribution in [3.05, 3.63) is 90.0 Å². The number of hydrogen-bond donors (Lipinski definition) is 0. The van der Waals surface area contributed by atoms with E-state index in [0.717, 1.165) is 10.7 Å². The molecule has 0 amide bonds. The number of hydrogen-bond acceptors (Lipinski definition) is 0. The molecule has 114 valence electrons. The van der Waals surface area contributed by atoms with Crippen molar-refractivity contribution in [3.63, 3.8) is 0 Å². The van der Waals surface area contributed by atoms with Crippen LogP contribution < -0.4 is 0 Å². The van der Waals surface area contributed by atoms with E-state index in [1.165, 1.54) is 32.6 Å². The average Bonchev–Trinajstić information content (AvgIpc) is 2.96. The molecule has 2 heteroatoms. The van der Waals surface area contributed by atoms with Gasteiger partial charge < -0.3 is 4.57 Å². The molecule has 0 unspecified atom stereocenters. The van der Waals surface area contributed by atoms with Crippen LogP contribution in [0.25, 0.3) is 38.3 Å². The molecule has 0 aliphatic rings. The van der Waals surface area contributed by atoms with E-state index in [9.17, 15) is 0 Å². The van der Waals surface area contributed by atoms with Crippen molar-refractivity contribution in [1.29, 1.82) is 0 Å². The maximum atomic E-state index is 6.32. The predicted octanol–water partition coefficient (Wildman–Crippen LogP) is 6.59. The van der Waals surface area contributed by atoms with Crippen molar-refractivity contribution in [1.82, 2.24) is 4.57 Å². The first kappa shape index (κ1) is 13.6. The highest BCUT2D eigenvalue weighted by atomic mass is 35.5. The first-order chi connectivity index (χ1) is 11.8. The smallest absolute Gasteiger partial charge is 0.0547 e. The lowest BCUT2D eigenvalue weighted by Crippen LogP contribution is -1.92. The molecular weight excluding hydrogens is 314 g/mol. The second-order valence-electron chi connectivity index (χ2n) is 6.01. The summed E-state index contributed by atoms with van der Waals surface area (Å²) in [6.07, 6.45) is 0. The van der Waals surface area contributed by atoms with Crippen LogP contribution in [-0.4, -0.2) is 4.57 Å². The van der Waals surface area contributed by atoms with E-state index < -0.39 is 0 Å². The molecule has 0 fully saturated rings. The maximum absolute atomic E-state index is 6.32. The van der Waals surface area contributed by atoms with E-state index in [2.05, 4.69) is 77.4 Å². The molecule has 5 aromatic rings. The van der Waals surface area contributed by atoms with Crippen LogP contribution in [0.3, 0.4) is 0 Å². The highest BCUT2D eigenvalue weighted by molar-refractivity contribution is 6.32. The van der Waals surface area contributed by atoms with Crippen LogP contribution in [0.1, 0.15) is 0 Å². The van der Waals surface area contributed by atoms with Gasteiger partial charge in [0.15, 0.2) is 0 Å². The molecule has 4 aromatic carbocycles. The second kappa shape index (κ2) is 5.12. The lowest BCUT2D eigenvalue weighted by atomic mass is 10.0. The topological polar surface area (TPSA) is 4.93 Å². The molecule has 0 aliphatic carbocycles. The highest BCUT2D eigenvalue weighted by Gasteiger charge is 2.14. The first-order valence-electron chi connectivity index (χ1n) is 8.00. The number of fused-ring (bicyclic) bond motifs is 5. The van der Waals surface area contributed by atoms with Gasteiger partial charge in [0, 0.05) is 21.5 Å². The monoisotopic (exact) mass is 327 g/mol. The molecule has 5 rings (SSSR count). The second-order valence-corrected chi connectivity index (χ2v) is 6.45. The summed E-state index contributed by atoms with van der Waals surface area (Å²) >= 11 is 6.32. The van der Waals surface area contributed by atoms with Crippen LogP contribution in [0.4, 0.5) is 0 Å². The maximum Gasteiger partial charge on any atom is 0.0547 e. The quantitative estimate of drug-likeness (QED) is 0.327. The van der Waals surface area contributed by atoms with Gasteiger partial charge in [-0.3, -0.25) is 0 Å². The number of para-hydroxylation sites is 1. The Morgan fingerprint density at radius 3 is 2.25 bits per heavy atom. The Morgan fingerprint density at radius 1 is 0.625 bits per heavy atom. The SMILES string of the molecule is Clc1ccc2c(c1)c1c3ccccc3ccc1n2-c1ccccc1. The van der Waals surface area contributed by atoms with Crippen molar-refractivity contribution in [3.8, 4) is 5.69 Å². The zero-order valence-electron chi connectivity index (χ0n) is 12.9. The van der Waals surface area contributed by atoms with E-state index in [1.807, 2.05) is 12.1 Å². The molecular formula is C22H14ClN. The fourth-order valence-corrected chi connectivity index (χ4v) is 3.79. The third-order valence-electron chi connectivity index (χ3n) is 4.63. The largest absolute Gasteiger partial charge is 0.309 e. The summed E-state index contributed by atoms with van der Waals surface area (Å²) in [5.74, 6) is 0. The normalized spacial score (nSPS) is 11.5. The predicted molar refractivity (Wildman–Crippen MR) is 103 cm³/mol. The minimum atomic E-state index is 0.766. The fourth-order valence-electron chi connectivity index (χ4n) is 3.62. The van der Waals surface area contributed by atoms with Crippen LogP contribution in [0, 0.1) is 0 Å². The minimum absolute atomic E-state index is 0.766. The molecule has 0 atom stereocenters. The summed E-state index contributed by atoms with van der Waals surface area (Å²) in [6, 6.07) is 29.5. The molecule has 0 spiro atoms. The summed E-state index contributed by atoms with van der Waals surface area (Å²) < 4.78 is 2.31. The van der Waals surface area contributed by atoms with Crippen LogP contribution in [0.15, 0.2) is 84.9 Å². The Labute approximate surface area is 144 Å². The number of nitrogens with zero attached hydrogens (tertiary/aromatic N) is 1. The Kier molecular flexibility index (Phi) is 2.91. The van der Waals surface area contributed by atoms with Crippen molar-refractivity contribution < 1.29 is 0 Å². The van der Waals surface area contributed by atoms with E-state index in [4.69, 9.17) is 11.6 Å². The molecule has 0 radical (unpaired) electrons. The molecule has 24 heavy (non-hydrogen) atoms. The number of halogens is 1. The molecule has 0 saturated heterocycles. The number of rotatable bonds is 1. The van der Waals surface area contributed by atoms with Crippen molar-refractivity contribution in [2.24, 2.45) is 0 Å². The third-order valence-corrected chi connectivity index (χ3v) is 4.87. The number of aromatic nitrogens is 1. The van der Waals surface area contributed by atoms with Gasteiger partial charge in [0.2, 0.25) is 0 Å². The minimum Gasteiger partial charge on any atom is -0.309 e. The standard InChI is InChI=1S/C22H14ClN/c23-16-11-13-20-19(14-16)22-18-9-5-4-6-15(18)10-12-21(22)24(20)17-7-2-1-3-8-17/h1-14H. The lowest BCUT2D eigenvalue weighted by Gasteiger charge is -2.07. The van der Waals surface area contributed by atoms with Crippen LogP contribution >= 0.6 is 11.6 Å². The van der Waals surface area contributed by atoms with E-state index in [-0.39, 0.29) is 0 Å². The zero-order valence-corrected chi connectivity index (χ0v) is 13.7. The van der Waals surface area contributed by atoms with Gasteiger partial charge in [-0.05, 0) is 47.2 Å². The summed E-state index contributed by atoms with van der Waals surface area (Å²) in [6.45, 7) is 0. The summed E-state index contributed by atoms with van der Waals surface area (Å²) in [5.41, 5.74) is 3.55. The molecule has 1 heterocycles. The van der Waals surface area contributed by atoms with Crippen LogP contribution in [0.5, 0.6) is 0 Å². The fraction of sp³-hybridized carbons (Fsp3) is 0. The first-order valence-corrected chi connectivity index (χ1v) is 8.37. The molecule has 0 aliphatic heterocycles. The summed E-state index contributed by atoms with van der Waals surface area (Å²) in [7, 11) is 0. The van der Waals surface area contributed by atoms with Crippen LogP contribution in [0.2, 0.25) is 5.02 Å². The number of benzene rings is 4. The van der Waals surface area contributed by atoms with Gasteiger partial charge >= 0.3 is 0 Å². The molecule has 1 aromatic heterocycles. The molecule has 0 N–H and O–H groups in total. The Hall–Kier alpha value is -2.77. The van der Waals surface area contributed by atoms with Gasteiger partial charge in [-0.25, -0.2) is 0 Å². The van der Waals surface area contributed by atoms with Gasteiger partial charge in [0.05, 0.1) is 11.0 Å². The van der Waals surface area contributed by atoms with Crippen molar-refractivity contribution >= 4 is 44.2 Å². The van der Waals surface area contributed by atoms with Gasteiger partial charge in [0.1, 0.15) is 0 Å². The van der Waals surface area contributed by atoms with Gasteiger partial charge in [-0.15, -0.1) is 0 Å². The van der Waals surface area contributed by atoms with Crippen molar-refractivity contribution in [2.75, 3.05) is 0 Å². The Morgan fingerprint density at radius 2 is 1.38 bits per heavy atom. The Bertz CT molecular complexity index is 1200. The van der Waals surface area contributed by atoms with Gasteiger partial charge in [-0.2, -0.15) is 0 Å². The third kappa shape index (κ3) is 1.88. The lowest BCUT2D eigenvalue weighted by molar-refractivity contribution is 1.18. The zero-order chi connectivity index (χ0) is 16.1. The average molecular weight is 328 g/mol. The molecule has 1 nitrogen and oxygen atoms in total.